The highest BCUT2D eigenvalue weighted by Gasteiger charge is 2.28. The number of rotatable bonds is 4. The molecule has 1 aromatic heterocycles. The molecule has 0 radical (unpaired) electrons. The Morgan fingerprint density at radius 3 is 2.70 bits per heavy atom. The highest BCUT2D eigenvalue weighted by Crippen LogP contribution is 2.30. The lowest BCUT2D eigenvalue weighted by atomic mass is 9.82. The van der Waals surface area contributed by atoms with Crippen LogP contribution < -0.4 is 9.54 Å². The summed E-state index contributed by atoms with van der Waals surface area (Å²) in [7, 11) is 1.52. The quantitative estimate of drug-likeness (QED) is 0.830. The minimum Gasteiger partial charge on any atom is -0.496 e. The van der Waals surface area contributed by atoms with Crippen molar-refractivity contribution in [2.45, 2.75) is 51.7 Å². The second-order valence-corrected chi connectivity index (χ2v) is 9.48. The molecule has 2 aromatic rings. The van der Waals surface area contributed by atoms with Crippen molar-refractivity contribution in [3.05, 3.63) is 44.7 Å². The Morgan fingerprint density at radius 2 is 2.11 bits per heavy atom. The largest absolute Gasteiger partial charge is 0.496 e. The number of ether oxygens (including phenoxy) is 1. The van der Waals surface area contributed by atoms with E-state index in [1.807, 2.05) is 4.57 Å². The summed E-state index contributed by atoms with van der Waals surface area (Å²) in [5.41, 5.74) is 0.317. The third kappa shape index (κ3) is 4.62. The fourth-order valence-corrected chi connectivity index (χ4v) is 4.29. The van der Waals surface area contributed by atoms with Gasteiger partial charge in [0.05, 0.1) is 18.8 Å². The number of nitrogens with zero attached hydrogens (tertiary/aromatic N) is 2. The predicted octanol–water partition coefficient (Wildman–Crippen LogP) is 4.02. The van der Waals surface area contributed by atoms with Crippen LogP contribution in [0.1, 0.15) is 48.8 Å². The molecule has 1 aromatic carbocycles. The smallest absolute Gasteiger partial charge is 0.283 e. The number of thiazole rings is 1. The molecule has 0 spiro atoms. The fourth-order valence-electron chi connectivity index (χ4n) is 3.07. The van der Waals surface area contributed by atoms with E-state index >= 15 is 0 Å². The summed E-state index contributed by atoms with van der Waals surface area (Å²) < 4.78 is 7.32. The molecule has 0 aliphatic heterocycles. The van der Waals surface area contributed by atoms with E-state index in [0.717, 1.165) is 24.3 Å². The summed E-state index contributed by atoms with van der Waals surface area (Å²) in [5, 5.41) is 10.0. The Morgan fingerprint density at radius 1 is 1.41 bits per heavy atom. The van der Waals surface area contributed by atoms with Crippen LogP contribution in [0.5, 0.6) is 5.75 Å². The number of hydrogen-bond donors (Lipinski definition) is 1. The second kappa shape index (κ2) is 7.78. The summed E-state index contributed by atoms with van der Waals surface area (Å²) in [5.74, 6) is 0.491. The van der Waals surface area contributed by atoms with Crippen molar-refractivity contribution in [1.82, 2.24) is 4.57 Å². The van der Waals surface area contributed by atoms with Gasteiger partial charge in [0.25, 0.3) is 5.91 Å². The van der Waals surface area contributed by atoms with E-state index in [-0.39, 0.29) is 17.4 Å². The van der Waals surface area contributed by atoms with Crippen molar-refractivity contribution < 1.29 is 14.6 Å². The molecule has 0 atom stereocenters. The standard InChI is InChI=1S/C20H25ClN2O3S/c1-20(2,3)17-11-23(10-12-7-14(24)8-12)19(27-17)22-18(25)15-9-13(21)5-6-16(15)26-4/h5-6,9,11-12,14,24H,7-8,10H2,1-4H3. The third-order valence-electron chi connectivity index (χ3n) is 4.71. The van der Waals surface area contributed by atoms with Gasteiger partial charge in [-0.1, -0.05) is 32.4 Å². The van der Waals surface area contributed by atoms with Crippen molar-refractivity contribution >= 4 is 28.8 Å². The average Bonchev–Trinajstić information content (AvgIpc) is 2.96. The van der Waals surface area contributed by atoms with Crippen LogP contribution in [0.4, 0.5) is 0 Å². The van der Waals surface area contributed by atoms with Gasteiger partial charge >= 0.3 is 0 Å². The first-order chi connectivity index (χ1) is 12.7. The van der Waals surface area contributed by atoms with Crippen molar-refractivity contribution in [1.29, 1.82) is 0 Å². The van der Waals surface area contributed by atoms with Crippen LogP contribution in [0, 0.1) is 5.92 Å². The Bertz CT molecular complexity index is 905. The number of benzene rings is 1. The zero-order valence-electron chi connectivity index (χ0n) is 16.0. The molecule has 1 aliphatic carbocycles. The molecule has 0 unspecified atom stereocenters. The van der Waals surface area contributed by atoms with Gasteiger partial charge in [-0.3, -0.25) is 4.79 Å². The van der Waals surface area contributed by atoms with E-state index in [1.165, 1.54) is 18.4 Å². The number of carbonyl (C=O) groups excluding carboxylic acids is 1. The monoisotopic (exact) mass is 408 g/mol. The second-order valence-electron chi connectivity index (χ2n) is 8.03. The molecule has 7 heteroatoms. The van der Waals surface area contributed by atoms with Crippen LogP contribution in [0.2, 0.25) is 5.02 Å². The summed E-state index contributed by atoms with van der Waals surface area (Å²) in [6.45, 7) is 7.17. The van der Waals surface area contributed by atoms with E-state index in [2.05, 4.69) is 32.0 Å². The van der Waals surface area contributed by atoms with Gasteiger partial charge in [-0.2, -0.15) is 4.99 Å². The maximum atomic E-state index is 12.8. The number of aromatic nitrogens is 1. The van der Waals surface area contributed by atoms with Crippen LogP contribution in [0.25, 0.3) is 0 Å². The Labute approximate surface area is 168 Å². The molecule has 0 bridgehead atoms. The highest BCUT2D eigenvalue weighted by atomic mass is 35.5. The van der Waals surface area contributed by atoms with E-state index < -0.39 is 0 Å². The molecular formula is C20H25ClN2O3S. The van der Waals surface area contributed by atoms with E-state index in [1.54, 1.807) is 18.2 Å². The number of halogens is 1. The van der Waals surface area contributed by atoms with E-state index in [0.29, 0.717) is 27.1 Å². The van der Waals surface area contributed by atoms with Crippen LogP contribution in [0.15, 0.2) is 29.4 Å². The van der Waals surface area contributed by atoms with Crippen molar-refractivity contribution in [2.75, 3.05) is 7.11 Å². The maximum Gasteiger partial charge on any atom is 0.283 e. The molecule has 1 amide bonds. The predicted molar refractivity (Wildman–Crippen MR) is 108 cm³/mol. The number of aliphatic hydroxyl groups excluding tert-OH is 1. The lowest BCUT2D eigenvalue weighted by molar-refractivity contribution is 0.0348. The SMILES string of the molecule is COc1ccc(Cl)cc1C(=O)N=c1sc(C(C)(C)C)cn1CC1CC(O)C1. The first-order valence-corrected chi connectivity index (χ1v) is 10.2. The first-order valence-electron chi connectivity index (χ1n) is 8.99. The van der Waals surface area contributed by atoms with Crippen molar-refractivity contribution in [3.8, 4) is 5.75 Å². The minimum atomic E-state index is -0.376. The van der Waals surface area contributed by atoms with Crippen LogP contribution in [-0.2, 0) is 12.0 Å². The van der Waals surface area contributed by atoms with Gasteiger partial charge in [-0.05, 0) is 42.4 Å². The summed E-state index contributed by atoms with van der Waals surface area (Å²) in [6, 6.07) is 4.93. The van der Waals surface area contributed by atoms with Crippen LogP contribution in [-0.4, -0.2) is 28.8 Å². The number of amides is 1. The van der Waals surface area contributed by atoms with Crippen LogP contribution in [0.3, 0.4) is 0 Å². The normalized spacial score (nSPS) is 20.4. The molecule has 1 N–H and O–H groups in total. The molecule has 1 saturated carbocycles. The first kappa shape index (κ1) is 20.1. The molecule has 27 heavy (non-hydrogen) atoms. The van der Waals surface area contributed by atoms with Gasteiger partial charge in [-0.25, -0.2) is 0 Å². The van der Waals surface area contributed by atoms with Crippen molar-refractivity contribution in [3.63, 3.8) is 0 Å². The van der Waals surface area contributed by atoms with E-state index in [4.69, 9.17) is 16.3 Å². The number of methoxy groups -OCH3 is 1. The Kier molecular flexibility index (Phi) is 5.79. The summed E-state index contributed by atoms with van der Waals surface area (Å²) in [4.78, 5) is 19.0. The molecule has 1 heterocycles. The highest BCUT2D eigenvalue weighted by molar-refractivity contribution is 7.09. The molecule has 146 valence electrons. The zero-order chi connectivity index (χ0) is 19.8. The zero-order valence-corrected chi connectivity index (χ0v) is 17.6. The molecule has 1 aliphatic rings. The topological polar surface area (TPSA) is 63.8 Å². The van der Waals surface area contributed by atoms with Gasteiger partial charge in [0.2, 0.25) is 0 Å². The average molecular weight is 409 g/mol. The summed E-state index contributed by atoms with van der Waals surface area (Å²) in [6.07, 6.45) is 3.47. The lowest BCUT2D eigenvalue weighted by Crippen LogP contribution is -2.33. The number of hydrogen-bond acceptors (Lipinski definition) is 4. The van der Waals surface area contributed by atoms with Gasteiger partial charge in [0, 0.05) is 22.6 Å². The van der Waals surface area contributed by atoms with Crippen molar-refractivity contribution in [2.24, 2.45) is 10.9 Å². The Balaban J connectivity index is 1.99. The molecule has 1 fully saturated rings. The maximum absolute atomic E-state index is 12.8. The van der Waals surface area contributed by atoms with Gasteiger partial charge in [-0.15, -0.1) is 11.3 Å². The van der Waals surface area contributed by atoms with E-state index in [9.17, 15) is 9.90 Å². The summed E-state index contributed by atoms with van der Waals surface area (Å²) >= 11 is 7.57. The molecule has 5 nitrogen and oxygen atoms in total. The lowest BCUT2D eigenvalue weighted by Gasteiger charge is -2.31. The van der Waals surface area contributed by atoms with Gasteiger partial charge in [0.1, 0.15) is 5.75 Å². The van der Waals surface area contributed by atoms with Crippen LogP contribution >= 0.6 is 22.9 Å². The number of carbonyl (C=O) groups is 1. The fraction of sp³-hybridized carbons (Fsp3) is 0.500. The molecule has 3 rings (SSSR count). The number of aliphatic hydroxyl groups is 1. The van der Waals surface area contributed by atoms with Gasteiger partial charge < -0.3 is 14.4 Å². The Hall–Kier alpha value is -1.63. The van der Waals surface area contributed by atoms with Gasteiger partial charge in [0.15, 0.2) is 4.80 Å². The molecule has 0 saturated heterocycles. The third-order valence-corrected chi connectivity index (χ3v) is 6.40. The minimum absolute atomic E-state index is 0.0316. The molecular weight excluding hydrogens is 384 g/mol.